The van der Waals surface area contributed by atoms with Gasteiger partial charge in [0.15, 0.2) is 0 Å². The van der Waals surface area contributed by atoms with Crippen LogP contribution in [0.2, 0.25) is 0 Å². The van der Waals surface area contributed by atoms with E-state index in [1.54, 1.807) is 0 Å². The van der Waals surface area contributed by atoms with Crippen LogP contribution in [0.5, 0.6) is 0 Å². The molecule has 0 bridgehead atoms. The average Bonchev–Trinajstić information content (AvgIpc) is 1.61. The lowest BCUT2D eigenvalue weighted by Gasteiger charge is -2.30. The molecule has 1 amide bonds. The molecule has 0 aromatic rings. The highest BCUT2D eigenvalue weighted by Gasteiger charge is 2.23. The Labute approximate surface area is 47.2 Å². The quantitative estimate of drug-likeness (QED) is 0.506. The van der Waals surface area contributed by atoms with Crippen molar-refractivity contribution in [2.45, 2.75) is 6.42 Å². The average molecular weight is 113 g/mol. The zero-order chi connectivity index (χ0) is 6.15. The molecule has 1 rings (SSSR count). The third-order valence-electron chi connectivity index (χ3n) is 1.24. The highest BCUT2D eigenvalue weighted by atomic mass is 16.4. The van der Waals surface area contributed by atoms with Crippen LogP contribution in [0.1, 0.15) is 6.42 Å². The molecular weight excluding hydrogens is 106 g/mol. The fourth-order valence-corrected chi connectivity index (χ4v) is 0.613. The van der Waals surface area contributed by atoms with Crippen molar-refractivity contribution in [1.82, 2.24) is 4.90 Å². The van der Waals surface area contributed by atoms with Gasteiger partial charge in [-0.3, -0.25) is 4.90 Å². The van der Waals surface area contributed by atoms with E-state index < -0.39 is 6.09 Å². The minimum absolute atomic E-state index is 0.619. The van der Waals surface area contributed by atoms with Gasteiger partial charge in [-0.05, 0) is 0 Å². The number of hydrogen-bond acceptors (Lipinski definition) is 1. The fraction of sp³-hybridized carbons (Fsp3) is 0.400. The SMILES string of the molecule is C=C1CCN1C(=O)O. The van der Waals surface area contributed by atoms with Gasteiger partial charge in [0.2, 0.25) is 0 Å². The summed E-state index contributed by atoms with van der Waals surface area (Å²) in [5.74, 6) is 0. The molecule has 0 aromatic carbocycles. The molecule has 44 valence electrons. The van der Waals surface area contributed by atoms with Gasteiger partial charge < -0.3 is 5.11 Å². The summed E-state index contributed by atoms with van der Waals surface area (Å²) < 4.78 is 0. The maximum atomic E-state index is 10.1. The van der Waals surface area contributed by atoms with Gasteiger partial charge in [0, 0.05) is 18.7 Å². The topological polar surface area (TPSA) is 40.5 Å². The number of carbonyl (C=O) groups is 1. The standard InChI is InChI=1S/C5H7NO2/c1-4-2-3-6(4)5(7)8/h1-3H2,(H,7,8). The van der Waals surface area contributed by atoms with Crippen molar-refractivity contribution in [3.05, 3.63) is 12.3 Å². The second-order valence-corrected chi connectivity index (χ2v) is 1.75. The summed E-state index contributed by atoms with van der Waals surface area (Å²) in [5.41, 5.74) is 0.706. The number of likely N-dealkylation sites (tertiary alicyclic amines) is 1. The molecule has 0 aliphatic carbocycles. The van der Waals surface area contributed by atoms with E-state index >= 15 is 0 Å². The van der Waals surface area contributed by atoms with Gasteiger partial charge in [-0.1, -0.05) is 6.58 Å². The number of carboxylic acid groups (broad SMARTS) is 1. The smallest absolute Gasteiger partial charge is 0.411 e. The maximum Gasteiger partial charge on any atom is 0.411 e. The molecule has 0 saturated carbocycles. The summed E-state index contributed by atoms with van der Waals surface area (Å²) in [7, 11) is 0. The van der Waals surface area contributed by atoms with Gasteiger partial charge in [-0.2, -0.15) is 0 Å². The summed E-state index contributed by atoms with van der Waals surface area (Å²) in [6, 6.07) is 0. The lowest BCUT2D eigenvalue weighted by Crippen LogP contribution is -2.38. The Hall–Kier alpha value is -0.990. The second kappa shape index (κ2) is 1.51. The predicted molar refractivity (Wildman–Crippen MR) is 28.5 cm³/mol. The van der Waals surface area contributed by atoms with Gasteiger partial charge in [0.05, 0.1) is 0 Å². The van der Waals surface area contributed by atoms with Crippen molar-refractivity contribution in [2.75, 3.05) is 6.54 Å². The van der Waals surface area contributed by atoms with Crippen LogP contribution < -0.4 is 0 Å². The van der Waals surface area contributed by atoms with Crippen LogP contribution in [0.3, 0.4) is 0 Å². The number of nitrogens with zero attached hydrogens (tertiary/aromatic N) is 1. The van der Waals surface area contributed by atoms with Crippen LogP contribution in [0, 0.1) is 0 Å². The van der Waals surface area contributed by atoms with Crippen molar-refractivity contribution in [3.63, 3.8) is 0 Å². The molecule has 0 spiro atoms. The molecular formula is C5H7NO2. The van der Waals surface area contributed by atoms with E-state index in [-0.39, 0.29) is 0 Å². The summed E-state index contributed by atoms with van der Waals surface area (Å²) >= 11 is 0. The van der Waals surface area contributed by atoms with Crippen LogP contribution in [0.15, 0.2) is 12.3 Å². The Morgan fingerprint density at radius 2 is 2.50 bits per heavy atom. The summed E-state index contributed by atoms with van der Waals surface area (Å²) in [6.45, 7) is 4.13. The first-order valence-electron chi connectivity index (χ1n) is 2.40. The zero-order valence-electron chi connectivity index (χ0n) is 4.42. The van der Waals surface area contributed by atoms with Crippen molar-refractivity contribution < 1.29 is 9.90 Å². The summed E-state index contributed by atoms with van der Waals surface area (Å²) in [4.78, 5) is 11.3. The molecule has 0 aromatic heterocycles. The molecule has 3 heteroatoms. The zero-order valence-corrected chi connectivity index (χ0v) is 4.42. The van der Waals surface area contributed by atoms with E-state index in [1.807, 2.05) is 0 Å². The highest BCUT2D eigenvalue weighted by molar-refractivity contribution is 5.68. The largest absolute Gasteiger partial charge is 0.465 e. The Morgan fingerprint density at radius 3 is 2.50 bits per heavy atom. The van der Waals surface area contributed by atoms with Gasteiger partial charge in [-0.25, -0.2) is 4.79 Å². The number of hydrogen-bond donors (Lipinski definition) is 1. The first-order chi connectivity index (χ1) is 3.72. The molecule has 3 nitrogen and oxygen atoms in total. The van der Waals surface area contributed by atoms with Crippen LogP contribution >= 0.6 is 0 Å². The van der Waals surface area contributed by atoms with Crippen LogP contribution in [0.4, 0.5) is 4.79 Å². The van der Waals surface area contributed by atoms with Gasteiger partial charge >= 0.3 is 6.09 Å². The van der Waals surface area contributed by atoms with Gasteiger partial charge in [-0.15, -0.1) is 0 Å². The van der Waals surface area contributed by atoms with E-state index in [9.17, 15) is 4.79 Å². The van der Waals surface area contributed by atoms with Crippen LogP contribution in [0.25, 0.3) is 0 Å². The third-order valence-corrected chi connectivity index (χ3v) is 1.24. The molecule has 1 N–H and O–H groups in total. The van der Waals surface area contributed by atoms with Crippen molar-refractivity contribution in [1.29, 1.82) is 0 Å². The predicted octanol–water partition coefficient (Wildman–Crippen LogP) is 0.884. The Bertz CT molecular complexity index is 133. The molecule has 0 atom stereocenters. The Balaban J connectivity index is 2.49. The van der Waals surface area contributed by atoms with Gasteiger partial charge in [0.1, 0.15) is 0 Å². The monoisotopic (exact) mass is 113 g/mol. The van der Waals surface area contributed by atoms with E-state index in [0.717, 1.165) is 6.42 Å². The van der Waals surface area contributed by atoms with E-state index in [2.05, 4.69) is 6.58 Å². The fourth-order valence-electron chi connectivity index (χ4n) is 0.613. The molecule has 0 unspecified atom stereocenters. The Kier molecular flexibility index (Phi) is 0.970. The lowest BCUT2D eigenvalue weighted by molar-refractivity contribution is 0.142. The van der Waals surface area contributed by atoms with Crippen LogP contribution in [-0.2, 0) is 0 Å². The van der Waals surface area contributed by atoms with E-state index in [0.29, 0.717) is 12.2 Å². The molecule has 1 saturated heterocycles. The molecule has 1 fully saturated rings. The third kappa shape index (κ3) is 0.559. The van der Waals surface area contributed by atoms with Crippen molar-refractivity contribution in [2.24, 2.45) is 0 Å². The first-order valence-corrected chi connectivity index (χ1v) is 2.40. The maximum absolute atomic E-state index is 10.1. The minimum Gasteiger partial charge on any atom is -0.465 e. The van der Waals surface area contributed by atoms with Crippen LogP contribution in [-0.4, -0.2) is 22.6 Å². The molecule has 1 aliphatic heterocycles. The molecule has 0 radical (unpaired) electrons. The highest BCUT2D eigenvalue weighted by Crippen LogP contribution is 2.18. The minimum atomic E-state index is -0.888. The van der Waals surface area contributed by atoms with Crippen molar-refractivity contribution >= 4 is 6.09 Å². The number of rotatable bonds is 0. The lowest BCUT2D eigenvalue weighted by atomic mass is 10.2. The summed E-state index contributed by atoms with van der Waals surface area (Å²) in [6.07, 6.45) is -0.0620. The second-order valence-electron chi connectivity index (χ2n) is 1.75. The normalized spacial score (nSPS) is 18.0. The first kappa shape index (κ1) is 5.15. The Morgan fingerprint density at radius 1 is 1.88 bits per heavy atom. The van der Waals surface area contributed by atoms with E-state index in [1.165, 1.54) is 4.90 Å². The molecule has 8 heavy (non-hydrogen) atoms. The molecule has 1 heterocycles. The number of amides is 1. The van der Waals surface area contributed by atoms with Gasteiger partial charge in [0.25, 0.3) is 0 Å². The summed E-state index contributed by atoms with van der Waals surface area (Å²) in [5, 5.41) is 8.27. The van der Waals surface area contributed by atoms with Crippen molar-refractivity contribution in [3.8, 4) is 0 Å². The molecule has 1 aliphatic rings. The van der Waals surface area contributed by atoms with E-state index in [4.69, 9.17) is 5.11 Å².